The van der Waals surface area contributed by atoms with E-state index in [2.05, 4.69) is 70.9 Å². The van der Waals surface area contributed by atoms with Crippen molar-refractivity contribution in [3.63, 3.8) is 0 Å². The predicted molar refractivity (Wildman–Crippen MR) is 99.5 cm³/mol. The average molecular weight is 324 g/mol. The second-order valence-corrected chi connectivity index (χ2v) is 6.37. The fraction of sp³-hybridized carbons (Fsp3) is 0.429. The van der Waals surface area contributed by atoms with Crippen LogP contribution in [0, 0.1) is 0 Å². The van der Waals surface area contributed by atoms with Crippen LogP contribution in [0.2, 0.25) is 0 Å². The van der Waals surface area contributed by atoms with E-state index in [-0.39, 0.29) is 0 Å². The van der Waals surface area contributed by atoms with Gasteiger partial charge in [0.05, 0.1) is 13.2 Å². The smallest absolute Gasteiger partial charge is 0.0594 e. The van der Waals surface area contributed by atoms with Crippen molar-refractivity contribution in [1.29, 1.82) is 0 Å². The molecule has 2 aromatic carbocycles. The first-order chi connectivity index (χ1) is 11.9. The molecule has 1 heterocycles. The second-order valence-electron chi connectivity index (χ2n) is 6.37. The van der Waals surface area contributed by atoms with Crippen molar-refractivity contribution < 1.29 is 4.74 Å². The minimum Gasteiger partial charge on any atom is -0.379 e. The molecule has 1 saturated heterocycles. The van der Waals surface area contributed by atoms with Gasteiger partial charge in [0.25, 0.3) is 0 Å². The van der Waals surface area contributed by atoms with E-state index in [0.29, 0.717) is 5.92 Å². The van der Waals surface area contributed by atoms with Gasteiger partial charge in [-0.25, -0.2) is 0 Å². The molecular weight excluding hydrogens is 296 g/mol. The summed E-state index contributed by atoms with van der Waals surface area (Å²) in [6, 6.07) is 21.7. The molecule has 0 amide bonds. The van der Waals surface area contributed by atoms with Gasteiger partial charge in [-0.1, -0.05) is 60.7 Å². The van der Waals surface area contributed by atoms with Crippen molar-refractivity contribution >= 4 is 0 Å². The van der Waals surface area contributed by atoms with Crippen molar-refractivity contribution in [2.24, 2.45) is 0 Å². The molecule has 1 N–H and O–H groups in total. The number of rotatable bonds is 8. The zero-order chi connectivity index (χ0) is 16.5. The third kappa shape index (κ3) is 5.17. The molecule has 1 aliphatic rings. The number of hydrogen-bond acceptors (Lipinski definition) is 3. The largest absolute Gasteiger partial charge is 0.379 e. The summed E-state index contributed by atoms with van der Waals surface area (Å²) in [7, 11) is 0. The molecule has 3 rings (SSSR count). The predicted octanol–water partition coefficient (Wildman–Crippen LogP) is 3.13. The highest BCUT2D eigenvalue weighted by Gasteiger charge is 2.13. The molecule has 1 fully saturated rings. The Balaban J connectivity index is 1.49. The molecular formula is C21H28N2O. The molecule has 3 nitrogen and oxygen atoms in total. The van der Waals surface area contributed by atoms with E-state index in [4.69, 9.17) is 4.74 Å². The monoisotopic (exact) mass is 324 g/mol. The Morgan fingerprint density at radius 1 is 0.833 bits per heavy atom. The van der Waals surface area contributed by atoms with Gasteiger partial charge in [0.15, 0.2) is 0 Å². The van der Waals surface area contributed by atoms with E-state index in [9.17, 15) is 0 Å². The maximum atomic E-state index is 5.39. The van der Waals surface area contributed by atoms with Crippen LogP contribution >= 0.6 is 0 Å². The SMILES string of the molecule is c1ccc(C(CCNCCN2CCOCC2)c2ccccc2)cc1. The van der Waals surface area contributed by atoms with Gasteiger partial charge in [-0.05, 0) is 24.1 Å². The Morgan fingerprint density at radius 3 is 2.00 bits per heavy atom. The van der Waals surface area contributed by atoms with Gasteiger partial charge < -0.3 is 10.1 Å². The van der Waals surface area contributed by atoms with Crippen LogP contribution in [0.4, 0.5) is 0 Å². The number of nitrogens with one attached hydrogen (secondary N) is 1. The topological polar surface area (TPSA) is 24.5 Å². The third-order valence-electron chi connectivity index (χ3n) is 4.72. The quantitative estimate of drug-likeness (QED) is 0.755. The van der Waals surface area contributed by atoms with E-state index in [1.54, 1.807) is 0 Å². The molecule has 1 aliphatic heterocycles. The molecule has 0 aromatic heterocycles. The summed E-state index contributed by atoms with van der Waals surface area (Å²) in [6.07, 6.45) is 1.12. The maximum absolute atomic E-state index is 5.39. The number of benzene rings is 2. The van der Waals surface area contributed by atoms with Crippen molar-refractivity contribution in [1.82, 2.24) is 10.2 Å². The molecule has 0 unspecified atom stereocenters. The lowest BCUT2D eigenvalue weighted by Gasteiger charge is -2.26. The number of morpholine rings is 1. The van der Waals surface area contributed by atoms with Gasteiger partial charge in [-0.2, -0.15) is 0 Å². The zero-order valence-corrected chi connectivity index (χ0v) is 14.4. The highest BCUT2D eigenvalue weighted by atomic mass is 16.5. The lowest BCUT2D eigenvalue weighted by Crippen LogP contribution is -2.40. The van der Waals surface area contributed by atoms with Gasteiger partial charge in [0.1, 0.15) is 0 Å². The Morgan fingerprint density at radius 2 is 1.42 bits per heavy atom. The van der Waals surface area contributed by atoms with Gasteiger partial charge in [-0.3, -0.25) is 4.90 Å². The van der Waals surface area contributed by atoms with Gasteiger partial charge in [0.2, 0.25) is 0 Å². The number of hydrogen-bond donors (Lipinski definition) is 1. The van der Waals surface area contributed by atoms with E-state index in [0.717, 1.165) is 52.4 Å². The van der Waals surface area contributed by atoms with E-state index in [1.165, 1.54) is 11.1 Å². The fourth-order valence-corrected chi connectivity index (χ4v) is 3.33. The van der Waals surface area contributed by atoms with Crippen LogP contribution in [0.15, 0.2) is 60.7 Å². The minimum absolute atomic E-state index is 0.461. The summed E-state index contributed by atoms with van der Waals surface area (Å²) in [4.78, 5) is 2.47. The standard InChI is InChI=1S/C21H28N2O/c1-3-7-19(8-4-1)21(20-9-5-2-6-10-20)11-12-22-13-14-23-15-17-24-18-16-23/h1-10,21-22H,11-18H2. The van der Waals surface area contributed by atoms with Crippen LogP contribution < -0.4 is 5.32 Å². The lowest BCUT2D eigenvalue weighted by molar-refractivity contribution is 0.0384. The Kier molecular flexibility index (Phi) is 6.84. The van der Waals surface area contributed by atoms with Crippen LogP contribution in [0.3, 0.4) is 0 Å². The van der Waals surface area contributed by atoms with E-state index in [1.807, 2.05) is 0 Å². The Labute approximate surface area is 145 Å². The number of ether oxygens (including phenoxy) is 1. The first-order valence-corrected chi connectivity index (χ1v) is 9.04. The summed E-state index contributed by atoms with van der Waals surface area (Å²) in [5.41, 5.74) is 2.80. The Bertz CT molecular complexity index is 527. The first kappa shape index (κ1) is 17.2. The van der Waals surface area contributed by atoms with Gasteiger partial charge in [0, 0.05) is 32.1 Å². The summed E-state index contributed by atoms with van der Waals surface area (Å²) in [6.45, 7) is 7.10. The van der Waals surface area contributed by atoms with Crippen LogP contribution in [-0.2, 0) is 4.74 Å². The molecule has 24 heavy (non-hydrogen) atoms. The molecule has 0 radical (unpaired) electrons. The molecule has 0 spiro atoms. The van der Waals surface area contributed by atoms with Crippen LogP contribution in [-0.4, -0.2) is 50.8 Å². The van der Waals surface area contributed by atoms with Crippen molar-refractivity contribution in [3.8, 4) is 0 Å². The van der Waals surface area contributed by atoms with Crippen molar-refractivity contribution in [3.05, 3.63) is 71.8 Å². The highest BCUT2D eigenvalue weighted by Crippen LogP contribution is 2.27. The molecule has 128 valence electrons. The van der Waals surface area contributed by atoms with Crippen LogP contribution in [0.5, 0.6) is 0 Å². The number of nitrogens with zero attached hydrogens (tertiary/aromatic N) is 1. The van der Waals surface area contributed by atoms with Crippen molar-refractivity contribution in [2.45, 2.75) is 12.3 Å². The zero-order valence-electron chi connectivity index (χ0n) is 14.4. The fourth-order valence-electron chi connectivity index (χ4n) is 3.33. The highest BCUT2D eigenvalue weighted by molar-refractivity contribution is 5.32. The second kappa shape index (κ2) is 9.58. The first-order valence-electron chi connectivity index (χ1n) is 9.04. The third-order valence-corrected chi connectivity index (χ3v) is 4.72. The van der Waals surface area contributed by atoms with Gasteiger partial charge in [-0.15, -0.1) is 0 Å². The van der Waals surface area contributed by atoms with Crippen LogP contribution in [0.1, 0.15) is 23.5 Å². The van der Waals surface area contributed by atoms with E-state index < -0.39 is 0 Å². The molecule has 0 saturated carbocycles. The molecule has 0 aliphatic carbocycles. The van der Waals surface area contributed by atoms with Gasteiger partial charge >= 0.3 is 0 Å². The summed E-state index contributed by atoms with van der Waals surface area (Å²) in [5, 5.41) is 3.62. The average Bonchev–Trinajstić information content (AvgIpc) is 2.67. The molecule has 3 heteroatoms. The normalized spacial score (nSPS) is 15.7. The summed E-state index contributed by atoms with van der Waals surface area (Å²) >= 11 is 0. The molecule has 0 bridgehead atoms. The molecule has 0 atom stereocenters. The van der Waals surface area contributed by atoms with Crippen LogP contribution in [0.25, 0.3) is 0 Å². The minimum atomic E-state index is 0.461. The summed E-state index contributed by atoms with van der Waals surface area (Å²) in [5.74, 6) is 0.461. The van der Waals surface area contributed by atoms with E-state index >= 15 is 0 Å². The lowest BCUT2D eigenvalue weighted by atomic mass is 9.88. The Hall–Kier alpha value is -1.68. The molecule has 2 aromatic rings. The van der Waals surface area contributed by atoms with Crippen molar-refractivity contribution in [2.75, 3.05) is 45.9 Å². The maximum Gasteiger partial charge on any atom is 0.0594 e. The summed E-state index contributed by atoms with van der Waals surface area (Å²) < 4.78 is 5.39.